The molecule has 0 aliphatic rings. The molecule has 5 nitrogen and oxygen atoms in total. The number of anilines is 1. The summed E-state index contributed by atoms with van der Waals surface area (Å²) in [5, 5.41) is 3.71. The second-order valence-corrected chi connectivity index (χ2v) is 12.0. The van der Waals surface area contributed by atoms with Crippen LogP contribution >= 0.6 is 46.7 Å². The predicted molar refractivity (Wildman–Crippen MR) is 145 cm³/mol. The van der Waals surface area contributed by atoms with Crippen molar-refractivity contribution in [2.75, 3.05) is 29.4 Å². The first-order valence-corrected chi connectivity index (χ1v) is 15.0. The first-order chi connectivity index (χ1) is 16.7. The van der Waals surface area contributed by atoms with Crippen LogP contribution in [0.3, 0.4) is 0 Å². The number of hydrogen-bond donors (Lipinski definition) is 1. The van der Waals surface area contributed by atoms with Crippen LogP contribution < -0.4 is 9.62 Å². The molecular formula is C24H23Cl2FN2O3S3. The molecule has 3 aromatic rings. The minimum absolute atomic E-state index is 0.0181. The summed E-state index contributed by atoms with van der Waals surface area (Å²) < 4.78 is 41.5. The highest BCUT2D eigenvalue weighted by molar-refractivity contribution is 7.98. The van der Waals surface area contributed by atoms with Gasteiger partial charge in [0.25, 0.3) is 10.0 Å². The van der Waals surface area contributed by atoms with Gasteiger partial charge in [-0.1, -0.05) is 35.3 Å². The van der Waals surface area contributed by atoms with Crippen molar-refractivity contribution in [2.24, 2.45) is 0 Å². The molecule has 186 valence electrons. The van der Waals surface area contributed by atoms with Gasteiger partial charge < -0.3 is 5.32 Å². The topological polar surface area (TPSA) is 66.5 Å². The van der Waals surface area contributed by atoms with Crippen molar-refractivity contribution < 1.29 is 17.6 Å². The normalized spacial score (nSPS) is 11.3. The maximum Gasteiger partial charge on any atom is 0.264 e. The van der Waals surface area contributed by atoms with E-state index in [1.807, 2.05) is 12.3 Å². The smallest absolute Gasteiger partial charge is 0.264 e. The van der Waals surface area contributed by atoms with E-state index in [4.69, 9.17) is 23.2 Å². The summed E-state index contributed by atoms with van der Waals surface area (Å²) in [5.41, 5.74) is 1.08. The van der Waals surface area contributed by atoms with Gasteiger partial charge in [-0.05, 0) is 66.4 Å². The van der Waals surface area contributed by atoms with E-state index >= 15 is 0 Å². The van der Waals surface area contributed by atoms with E-state index in [0.29, 0.717) is 28.1 Å². The molecule has 11 heteroatoms. The van der Waals surface area contributed by atoms with Gasteiger partial charge >= 0.3 is 0 Å². The Labute approximate surface area is 223 Å². The molecule has 0 saturated carbocycles. The van der Waals surface area contributed by atoms with Gasteiger partial charge in [0.1, 0.15) is 12.4 Å². The van der Waals surface area contributed by atoms with Crippen molar-refractivity contribution in [3.63, 3.8) is 0 Å². The lowest BCUT2D eigenvalue weighted by molar-refractivity contribution is -0.119. The molecule has 0 aliphatic carbocycles. The largest absolute Gasteiger partial charge is 0.354 e. The standard InChI is InChI=1S/C24H23Cl2FN2O3S3/c1-33-20-6-8-21(9-7-20)35(31,32)29(19-4-2-3-18(27)14-19)15-24(30)28-11-12-34-16-17-5-10-22(25)23(26)13-17/h2-10,13-14H,11-12,15-16H2,1H3,(H,28,30). The van der Waals surface area contributed by atoms with E-state index in [-0.39, 0.29) is 10.6 Å². The average Bonchev–Trinajstić information content (AvgIpc) is 2.84. The van der Waals surface area contributed by atoms with Crippen LogP contribution in [0.5, 0.6) is 0 Å². The third-order valence-corrected chi connectivity index (χ3v) is 9.15. The summed E-state index contributed by atoms with van der Waals surface area (Å²) in [4.78, 5) is 13.6. The Morgan fingerprint density at radius 2 is 1.77 bits per heavy atom. The summed E-state index contributed by atoms with van der Waals surface area (Å²) >= 11 is 15.0. The first kappa shape index (κ1) is 27.7. The van der Waals surface area contributed by atoms with Crippen LogP contribution in [0, 0.1) is 5.82 Å². The number of rotatable bonds is 11. The van der Waals surface area contributed by atoms with Gasteiger partial charge in [0.2, 0.25) is 5.91 Å². The zero-order valence-electron chi connectivity index (χ0n) is 18.7. The number of carbonyl (C=O) groups is 1. The summed E-state index contributed by atoms with van der Waals surface area (Å²) in [6, 6.07) is 16.9. The third-order valence-electron chi connectivity index (χ3n) is 4.85. The molecule has 1 N–H and O–H groups in total. The molecule has 0 atom stereocenters. The molecule has 0 fully saturated rings. The number of nitrogens with one attached hydrogen (secondary N) is 1. The molecule has 0 heterocycles. The molecule has 0 saturated heterocycles. The maximum absolute atomic E-state index is 13.9. The van der Waals surface area contributed by atoms with E-state index in [1.54, 1.807) is 36.0 Å². The Kier molecular flexibility index (Phi) is 10.2. The summed E-state index contributed by atoms with van der Waals surface area (Å²) in [6.45, 7) is -0.141. The number of halogens is 3. The van der Waals surface area contributed by atoms with Crippen molar-refractivity contribution in [1.82, 2.24) is 5.32 Å². The van der Waals surface area contributed by atoms with Gasteiger partial charge in [0, 0.05) is 22.9 Å². The highest BCUT2D eigenvalue weighted by Gasteiger charge is 2.27. The quantitative estimate of drug-likeness (QED) is 0.222. The van der Waals surface area contributed by atoms with Gasteiger partial charge in [-0.15, -0.1) is 11.8 Å². The fourth-order valence-electron chi connectivity index (χ4n) is 3.09. The molecule has 0 aliphatic heterocycles. The monoisotopic (exact) mass is 572 g/mol. The fraction of sp³-hybridized carbons (Fsp3) is 0.208. The SMILES string of the molecule is CSc1ccc(S(=O)(=O)N(CC(=O)NCCSCc2ccc(Cl)c(Cl)c2)c2cccc(F)c2)cc1. The molecule has 0 radical (unpaired) electrons. The minimum atomic E-state index is -4.10. The second kappa shape index (κ2) is 12.9. The van der Waals surface area contributed by atoms with Crippen molar-refractivity contribution in [3.8, 4) is 0 Å². The molecule has 3 rings (SSSR count). The van der Waals surface area contributed by atoms with E-state index in [1.165, 1.54) is 42.1 Å². The van der Waals surface area contributed by atoms with Crippen molar-refractivity contribution in [3.05, 3.63) is 88.2 Å². The Morgan fingerprint density at radius 3 is 2.43 bits per heavy atom. The van der Waals surface area contributed by atoms with E-state index < -0.39 is 28.3 Å². The number of amides is 1. The van der Waals surface area contributed by atoms with Crippen molar-refractivity contribution in [1.29, 1.82) is 0 Å². The van der Waals surface area contributed by atoms with Crippen LogP contribution in [0.25, 0.3) is 0 Å². The molecule has 1 amide bonds. The molecular weight excluding hydrogens is 550 g/mol. The Morgan fingerprint density at radius 1 is 1.03 bits per heavy atom. The van der Waals surface area contributed by atoms with Crippen LogP contribution in [0.4, 0.5) is 10.1 Å². The van der Waals surface area contributed by atoms with Gasteiger partial charge in [-0.25, -0.2) is 12.8 Å². The highest BCUT2D eigenvalue weighted by atomic mass is 35.5. The summed E-state index contributed by atoms with van der Waals surface area (Å²) in [6.07, 6.45) is 1.88. The summed E-state index contributed by atoms with van der Waals surface area (Å²) in [7, 11) is -4.10. The minimum Gasteiger partial charge on any atom is -0.354 e. The lowest BCUT2D eigenvalue weighted by atomic mass is 10.2. The van der Waals surface area contributed by atoms with Crippen LogP contribution in [-0.2, 0) is 20.6 Å². The van der Waals surface area contributed by atoms with Crippen molar-refractivity contribution in [2.45, 2.75) is 15.5 Å². The number of benzene rings is 3. The Hall–Kier alpha value is -1.91. The lowest BCUT2D eigenvalue weighted by Crippen LogP contribution is -2.41. The van der Waals surface area contributed by atoms with E-state index in [0.717, 1.165) is 20.8 Å². The molecule has 0 unspecified atom stereocenters. The zero-order chi connectivity index (χ0) is 25.4. The lowest BCUT2D eigenvalue weighted by Gasteiger charge is -2.24. The second-order valence-electron chi connectivity index (χ2n) is 7.32. The molecule has 0 spiro atoms. The van der Waals surface area contributed by atoms with E-state index in [2.05, 4.69) is 5.32 Å². The van der Waals surface area contributed by atoms with Gasteiger partial charge in [-0.3, -0.25) is 9.10 Å². The molecule has 0 aromatic heterocycles. The molecule has 3 aromatic carbocycles. The van der Waals surface area contributed by atoms with Gasteiger partial charge in [0.05, 0.1) is 20.6 Å². The van der Waals surface area contributed by atoms with Crippen LogP contribution in [-0.4, -0.2) is 39.4 Å². The fourth-order valence-corrected chi connectivity index (χ4v) is 6.04. The van der Waals surface area contributed by atoms with E-state index in [9.17, 15) is 17.6 Å². The first-order valence-electron chi connectivity index (χ1n) is 10.4. The number of carbonyl (C=O) groups excluding carboxylic acids is 1. The Balaban J connectivity index is 1.64. The zero-order valence-corrected chi connectivity index (χ0v) is 22.7. The predicted octanol–water partition coefficient (Wildman–Crippen LogP) is 6.10. The average molecular weight is 574 g/mol. The molecule has 35 heavy (non-hydrogen) atoms. The third kappa shape index (κ3) is 7.79. The number of sulfonamides is 1. The highest BCUT2D eigenvalue weighted by Crippen LogP contribution is 2.26. The van der Waals surface area contributed by atoms with Crippen LogP contribution in [0.15, 0.2) is 76.5 Å². The maximum atomic E-state index is 13.9. The van der Waals surface area contributed by atoms with Crippen LogP contribution in [0.1, 0.15) is 5.56 Å². The van der Waals surface area contributed by atoms with Gasteiger partial charge in [-0.2, -0.15) is 11.8 Å². The number of thioether (sulfide) groups is 2. The van der Waals surface area contributed by atoms with Crippen LogP contribution in [0.2, 0.25) is 10.0 Å². The van der Waals surface area contributed by atoms with Crippen molar-refractivity contribution >= 4 is 68.3 Å². The van der Waals surface area contributed by atoms with Gasteiger partial charge in [0.15, 0.2) is 0 Å². The summed E-state index contributed by atoms with van der Waals surface area (Å²) in [5.74, 6) is 0.200. The molecule has 0 bridgehead atoms. The Bertz CT molecular complexity index is 1280. The number of nitrogens with zero attached hydrogens (tertiary/aromatic N) is 1. The number of hydrogen-bond acceptors (Lipinski definition) is 5.